The van der Waals surface area contributed by atoms with Crippen molar-refractivity contribution in [3.63, 3.8) is 0 Å². The number of nitrogens with zero attached hydrogens (tertiary/aromatic N) is 2. The highest BCUT2D eigenvalue weighted by Gasteiger charge is 2.11. The molecule has 0 aliphatic carbocycles. The van der Waals surface area contributed by atoms with E-state index in [-0.39, 0.29) is 17.0 Å². The molecule has 88 valence electrons. The van der Waals surface area contributed by atoms with Gasteiger partial charge >= 0.3 is 0 Å². The average Bonchev–Trinajstić information content (AvgIpc) is 2.39. The van der Waals surface area contributed by atoms with Crippen molar-refractivity contribution in [2.45, 2.75) is 0 Å². The zero-order chi connectivity index (χ0) is 13.1. The predicted octanol–water partition coefficient (Wildman–Crippen LogP) is 2.84. The first-order valence-electron chi connectivity index (χ1n) is 5.10. The SMILES string of the molecule is N#Cc1cc([N+](=O)[O-])ccc1-c1ccc(O)cc1. The Bertz CT molecular complexity index is 642. The summed E-state index contributed by atoms with van der Waals surface area (Å²) in [6.07, 6.45) is 0. The highest BCUT2D eigenvalue weighted by molar-refractivity contribution is 5.72. The van der Waals surface area contributed by atoms with E-state index in [1.54, 1.807) is 12.1 Å². The lowest BCUT2D eigenvalue weighted by Crippen LogP contribution is -1.91. The summed E-state index contributed by atoms with van der Waals surface area (Å²) in [5.41, 5.74) is 1.44. The van der Waals surface area contributed by atoms with Gasteiger partial charge in [0, 0.05) is 12.1 Å². The van der Waals surface area contributed by atoms with E-state index >= 15 is 0 Å². The van der Waals surface area contributed by atoms with Crippen molar-refractivity contribution in [3.05, 3.63) is 58.1 Å². The van der Waals surface area contributed by atoms with Gasteiger partial charge in [0.05, 0.1) is 10.5 Å². The number of nitriles is 1. The third kappa shape index (κ3) is 2.13. The molecular weight excluding hydrogens is 232 g/mol. The van der Waals surface area contributed by atoms with Crippen LogP contribution in [0.1, 0.15) is 5.56 Å². The van der Waals surface area contributed by atoms with Crippen LogP contribution < -0.4 is 0 Å². The number of hydrogen-bond donors (Lipinski definition) is 1. The first kappa shape index (κ1) is 11.6. The Morgan fingerprint density at radius 3 is 2.39 bits per heavy atom. The summed E-state index contributed by atoms with van der Waals surface area (Å²) in [7, 11) is 0. The van der Waals surface area contributed by atoms with Gasteiger partial charge in [-0.1, -0.05) is 12.1 Å². The second-order valence-electron chi connectivity index (χ2n) is 3.65. The molecule has 5 heteroatoms. The molecule has 5 nitrogen and oxygen atoms in total. The molecule has 2 rings (SSSR count). The lowest BCUT2D eigenvalue weighted by Gasteiger charge is -2.04. The van der Waals surface area contributed by atoms with Crippen LogP contribution in [-0.4, -0.2) is 10.0 Å². The second kappa shape index (κ2) is 4.55. The van der Waals surface area contributed by atoms with Crippen molar-refractivity contribution in [2.75, 3.05) is 0 Å². The molecule has 0 radical (unpaired) electrons. The lowest BCUT2D eigenvalue weighted by molar-refractivity contribution is -0.384. The molecule has 0 amide bonds. The van der Waals surface area contributed by atoms with Crippen LogP contribution in [0.25, 0.3) is 11.1 Å². The summed E-state index contributed by atoms with van der Waals surface area (Å²) < 4.78 is 0. The Labute approximate surface area is 103 Å². The zero-order valence-corrected chi connectivity index (χ0v) is 9.20. The number of nitro groups is 1. The summed E-state index contributed by atoms with van der Waals surface area (Å²) in [5.74, 6) is 0.124. The number of nitro benzene ring substituents is 1. The Morgan fingerprint density at radius 2 is 1.83 bits per heavy atom. The van der Waals surface area contributed by atoms with E-state index in [4.69, 9.17) is 5.26 Å². The quantitative estimate of drug-likeness (QED) is 0.645. The first-order valence-corrected chi connectivity index (χ1v) is 5.10. The van der Waals surface area contributed by atoms with Gasteiger partial charge < -0.3 is 5.11 Å². The van der Waals surface area contributed by atoms with Crippen molar-refractivity contribution >= 4 is 5.69 Å². The van der Waals surface area contributed by atoms with E-state index < -0.39 is 4.92 Å². The van der Waals surface area contributed by atoms with Crippen LogP contribution in [0.3, 0.4) is 0 Å². The Kier molecular flexibility index (Phi) is 2.94. The summed E-state index contributed by atoms with van der Waals surface area (Å²) in [4.78, 5) is 10.1. The van der Waals surface area contributed by atoms with E-state index in [0.29, 0.717) is 5.56 Å². The Hall–Kier alpha value is -2.87. The topological polar surface area (TPSA) is 87.2 Å². The van der Waals surface area contributed by atoms with Crippen LogP contribution in [0, 0.1) is 21.4 Å². The lowest BCUT2D eigenvalue weighted by atomic mass is 10.00. The van der Waals surface area contributed by atoms with Crippen molar-refractivity contribution in [2.24, 2.45) is 0 Å². The fourth-order valence-electron chi connectivity index (χ4n) is 1.63. The van der Waals surface area contributed by atoms with E-state index in [1.807, 2.05) is 6.07 Å². The van der Waals surface area contributed by atoms with E-state index in [1.165, 1.54) is 30.3 Å². The molecule has 0 aliphatic rings. The Balaban J connectivity index is 2.55. The van der Waals surface area contributed by atoms with Crippen LogP contribution >= 0.6 is 0 Å². The van der Waals surface area contributed by atoms with Gasteiger partial charge in [-0.3, -0.25) is 10.1 Å². The summed E-state index contributed by atoms with van der Waals surface area (Å²) in [5, 5.41) is 28.8. The molecule has 0 aliphatic heterocycles. The maximum Gasteiger partial charge on any atom is 0.270 e. The van der Waals surface area contributed by atoms with Crippen LogP contribution in [0.5, 0.6) is 5.75 Å². The molecule has 0 atom stereocenters. The van der Waals surface area contributed by atoms with E-state index in [9.17, 15) is 15.2 Å². The van der Waals surface area contributed by atoms with Gasteiger partial charge in [0.2, 0.25) is 0 Å². The zero-order valence-electron chi connectivity index (χ0n) is 9.20. The molecule has 18 heavy (non-hydrogen) atoms. The van der Waals surface area contributed by atoms with Gasteiger partial charge in [-0.25, -0.2) is 0 Å². The van der Waals surface area contributed by atoms with Gasteiger partial charge in [-0.15, -0.1) is 0 Å². The molecule has 1 N–H and O–H groups in total. The highest BCUT2D eigenvalue weighted by Crippen LogP contribution is 2.28. The number of benzene rings is 2. The molecule has 0 heterocycles. The minimum absolute atomic E-state index is 0.117. The van der Waals surface area contributed by atoms with Gasteiger partial charge in [-0.2, -0.15) is 5.26 Å². The minimum Gasteiger partial charge on any atom is -0.508 e. The summed E-state index contributed by atoms with van der Waals surface area (Å²) >= 11 is 0. The van der Waals surface area contributed by atoms with Gasteiger partial charge in [0.25, 0.3) is 5.69 Å². The molecule has 0 spiro atoms. The van der Waals surface area contributed by atoms with Gasteiger partial charge in [0.1, 0.15) is 11.8 Å². The van der Waals surface area contributed by atoms with Crippen LogP contribution in [0.4, 0.5) is 5.69 Å². The maximum absolute atomic E-state index is 10.6. The molecule has 2 aromatic carbocycles. The third-order valence-electron chi connectivity index (χ3n) is 2.51. The number of hydrogen-bond acceptors (Lipinski definition) is 4. The monoisotopic (exact) mass is 240 g/mol. The number of phenolic OH excluding ortho intramolecular Hbond substituents is 1. The van der Waals surface area contributed by atoms with Gasteiger partial charge in [0.15, 0.2) is 0 Å². The number of rotatable bonds is 2. The maximum atomic E-state index is 10.6. The van der Waals surface area contributed by atoms with E-state index in [2.05, 4.69) is 0 Å². The average molecular weight is 240 g/mol. The van der Waals surface area contributed by atoms with Crippen LogP contribution in [0.15, 0.2) is 42.5 Å². The normalized spacial score (nSPS) is 9.72. The molecule has 2 aromatic rings. The molecule has 0 fully saturated rings. The van der Waals surface area contributed by atoms with Crippen LogP contribution in [0.2, 0.25) is 0 Å². The molecular formula is C13H8N2O3. The Morgan fingerprint density at radius 1 is 1.17 bits per heavy atom. The summed E-state index contributed by atoms with van der Waals surface area (Å²) in [6.45, 7) is 0. The molecule has 0 bridgehead atoms. The first-order chi connectivity index (χ1) is 8.61. The number of aromatic hydroxyl groups is 1. The fraction of sp³-hybridized carbons (Fsp3) is 0. The number of phenols is 1. The van der Waals surface area contributed by atoms with Crippen LogP contribution in [-0.2, 0) is 0 Å². The molecule has 0 saturated heterocycles. The highest BCUT2D eigenvalue weighted by atomic mass is 16.6. The molecule has 0 aromatic heterocycles. The summed E-state index contributed by atoms with van der Waals surface area (Å²) in [6, 6.07) is 12.4. The third-order valence-corrected chi connectivity index (χ3v) is 2.51. The van der Waals surface area contributed by atoms with Crippen molar-refractivity contribution in [1.82, 2.24) is 0 Å². The molecule has 0 unspecified atom stereocenters. The second-order valence-corrected chi connectivity index (χ2v) is 3.65. The van der Waals surface area contributed by atoms with Crippen molar-refractivity contribution in [3.8, 4) is 22.9 Å². The van der Waals surface area contributed by atoms with Gasteiger partial charge in [-0.05, 0) is 29.3 Å². The smallest absolute Gasteiger partial charge is 0.270 e. The molecule has 0 saturated carbocycles. The fourth-order valence-corrected chi connectivity index (χ4v) is 1.63. The number of non-ortho nitro benzene ring substituents is 1. The minimum atomic E-state index is -0.540. The van der Waals surface area contributed by atoms with E-state index in [0.717, 1.165) is 5.56 Å². The predicted molar refractivity (Wildman–Crippen MR) is 64.9 cm³/mol. The van der Waals surface area contributed by atoms with Crippen molar-refractivity contribution in [1.29, 1.82) is 5.26 Å². The largest absolute Gasteiger partial charge is 0.508 e. The van der Waals surface area contributed by atoms with Crippen molar-refractivity contribution < 1.29 is 10.0 Å². The standard InChI is InChI=1S/C13H8N2O3/c14-8-10-7-11(15(17)18)3-6-13(10)9-1-4-12(16)5-2-9/h1-7,16H.